The molecule has 0 radical (unpaired) electrons. The molecule has 23 heavy (non-hydrogen) atoms. The second-order valence-electron chi connectivity index (χ2n) is 4.98. The molecule has 1 aliphatic rings. The van der Waals surface area contributed by atoms with E-state index in [0.717, 1.165) is 4.88 Å². The highest BCUT2D eigenvalue weighted by molar-refractivity contribution is 7.10. The molecule has 1 saturated heterocycles. The molecule has 1 aromatic carbocycles. The molecule has 7 nitrogen and oxygen atoms in total. The smallest absolute Gasteiger partial charge is 0.282 e. The highest BCUT2D eigenvalue weighted by Gasteiger charge is 2.37. The van der Waals surface area contributed by atoms with Crippen LogP contribution >= 0.6 is 11.3 Å². The highest BCUT2D eigenvalue weighted by atomic mass is 32.1. The summed E-state index contributed by atoms with van der Waals surface area (Å²) in [4.78, 5) is 37.7. The summed E-state index contributed by atoms with van der Waals surface area (Å²) in [5.41, 5.74) is -0.262. The summed E-state index contributed by atoms with van der Waals surface area (Å²) < 4.78 is 0. The number of thiophene rings is 1. The molecule has 1 N–H and O–H groups in total. The Balaban J connectivity index is 2.00. The van der Waals surface area contributed by atoms with Crippen molar-refractivity contribution in [3.05, 3.63) is 62.3 Å². The standard InChI is InChI=1S/C15H13N3O4S/c19-14-13(12-6-3-9-23-12)17(8-7-16-14)15(20)10-4-1-2-5-11(10)18(21)22/h1-6,9,13H,7-8H2,(H,16,19). The number of piperazine rings is 1. The van der Waals surface area contributed by atoms with Crippen LogP contribution in [-0.2, 0) is 4.79 Å². The molecule has 1 unspecified atom stereocenters. The Bertz CT molecular complexity index is 760. The lowest BCUT2D eigenvalue weighted by molar-refractivity contribution is -0.385. The average Bonchev–Trinajstić information content (AvgIpc) is 3.08. The molecule has 1 aromatic heterocycles. The third-order valence-corrected chi connectivity index (χ3v) is 4.54. The number of rotatable bonds is 3. The van der Waals surface area contributed by atoms with Gasteiger partial charge in [-0.25, -0.2) is 0 Å². The van der Waals surface area contributed by atoms with Gasteiger partial charge in [0, 0.05) is 24.0 Å². The number of nitro benzene ring substituents is 1. The lowest BCUT2D eigenvalue weighted by atomic mass is 10.1. The van der Waals surface area contributed by atoms with Crippen LogP contribution in [0.1, 0.15) is 21.3 Å². The fraction of sp³-hybridized carbons (Fsp3) is 0.200. The Morgan fingerprint density at radius 2 is 2.09 bits per heavy atom. The van der Waals surface area contributed by atoms with Gasteiger partial charge in [-0.05, 0) is 17.5 Å². The van der Waals surface area contributed by atoms with Crippen molar-refractivity contribution in [1.29, 1.82) is 0 Å². The fourth-order valence-corrected chi connectivity index (χ4v) is 3.42. The third-order valence-electron chi connectivity index (χ3n) is 3.62. The summed E-state index contributed by atoms with van der Waals surface area (Å²) in [7, 11) is 0. The van der Waals surface area contributed by atoms with Crippen LogP contribution < -0.4 is 5.32 Å². The van der Waals surface area contributed by atoms with Crippen LogP contribution in [0.15, 0.2) is 41.8 Å². The number of hydrogen-bond acceptors (Lipinski definition) is 5. The zero-order chi connectivity index (χ0) is 16.4. The Kier molecular flexibility index (Phi) is 4.07. The first-order valence-corrected chi connectivity index (χ1v) is 7.83. The maximum atomic E-state index is 12.8. The first kappa shape index (κ1) is 15.2. The number of para-hydroxylation sites is 1. The number of benzene rings is 1. The number of carbonyl (C=O) groups excluding carboxylic acids is 2. The van der Waals surface area contributed by atoms with Gasteiger partial charge in [0.25, 0.3) is 11.6 Å². The Morgan fingerprint density at radius 3 is 2.78 bits per heavy atom. The van der Waals surface area contributed by atoms with Crippen molar-refractivity contribution < 1.29 is 14.5 Å². The van der Waals surface area contributed by atoms with E-state index in [4.69, 9.17) is 0 Å². The second-order valence-corrected chi connectivity index (χ2v) is 5.96. The summed E-state index contributed by atoms with van der Waals surface area (Å²) in [6.45, 7) is 0.631. The number of nitrogens with one attached hydrogen (secondary N) is 1. The van der Waals surface area contributed by atoms with Gasteiger partial charge in [-0.15, -0.1) is 11.3 Å². The van der Waals surface area contributed by atoms with Crippen LogP contribution in [0.3, 0.4) is 0 Å². The molecule has 0 aliphatic carbocycles. The predicted octanol–water partition coefficient (Wildman–Crippen LogP) is 1.97. The molecular formula is C15H13N3O4S. The Labute approximate surface area is 135 Å². The zero-order valence-corrected chi connectivity index (χ0v) is 12.8. The third kappa shape index (κ3) is 2.80. The number of carbonyl (C=O) groups is 2. The normalized spacial score (nSPS) is 17.7. The van der Waals surface area contributed by atoms with E-state index in [1.165, 1.54) is 34.4 Å². The van der Waals surface area contributed by atoms with Gasteiger partial charge >= 0.3 is 0 Å². The first-order chi connectivity index (χ1) is 11.1. The van der Waals surface area contributed by atoms with Crippen molar-refractivity contribution in [3.8, 4) is 0 Å². The first-order valence-electron chi connectivity index (χ1n) is 6.95. The summed E-state index contributed by atoms with van der Waals surface area (Å²) in [5.74, 6) is -0.781. The van der Waals surface area contributed by atoms with Crippen molar-refractivity contribution in [1.82, 2.24) is 10.2 Å². The van der Waals surface area contributed by atoms with E-state index in [1.807, 2.05) is 5.38 Å². The van der Waals surface area contributed by atoms with Crippen LogP contribution in [-0.4, -0.2) is 34.7 Å². The van der Waals surface area contributed by atoms with Crippen molar-refractivity contribution in [2.24, 2.45) is 0 Å². The molecule has 2 amide bonds. The summed E-state index contributed by atoms with van der Waals surface area (Å²) in [6, 6.07) is 8.61. The second kappa shape index (κ2) is 6.17. The number of hydrogen-bond donors (Lipinski definition) is 1. The molecule has 2 heterocycles. The van der Waals surface area contributed by atoms with Gasteiger partial charge in [0.1, 0.15) is 11.6 Å². The minimum atomic E-state index is -0.754. The van der Waals surface area contributed by atoms with Gasteiger partial charge in [-0.3, -0.25) is 19.7 Å². The van der Waals surface area contributed by atoms with Crippen LogP contribution in [0.2, 0.25) is 0 Å². The molecule has 1 atom stereocenters. The maximum absolute atomic E-state index is 12.8. The van der Waals surface area contributed by atoms with E-state index in [0.29, 0.717) is 13.1 Å². The van der Waals surface area contributed by atoms with E-state index in [-0.39, 0.29) is 17.2 Å². The highest BCUT2D eigenvalue weighted by Crippen LogP contribution is 2.30. The van der Waals surface area contributed by atoms with E-state index >= 15 is 0 Å². The minimum Gasteiger partial charge on any atom is -0.352 e. The summed E-state index contributed by atoms with van der Waals surface area (Å²) >= 11 is 1.37. The lowest BCUT2D eigenvalue weighted by Crippen LogP contribution is -2.52. The molecule has 0 bridgehead atoms. The Hall–Kier alpha value is -2.74. The van der Waals surface area contributed by atoms with Gasteiger partial charge in [0.2, 0.25) is 5.91 Å². The van der Waals surface area contributed by atoms with E-state index in [9.17, 15) is 19.7 Å². The van der Waals surface area contributed by atoms with Gasteiger partial charge < -0.3 is 10.2 Å². The largest absolute Gasteiger partial charge is 0.352 e. The van der Waals surface area contributed by atoms with Crippen LogP contribution in [0.5, 0.6) is 0 Å². The maximum Gasteiger partial charge on any atom is 0.282 e. The molecule has 118 valence electrons. The molecular weight excluding hydrogens is 318 g/mol. The van der Waals surface area contributed by atoms with Gasteiger partial charge in [-0.2, -0.15) is 0 Å². The number of nitro groups is 1. The zero-order valence-electron chi connectivity index (χ0n) is 12.0. The summed E-state index contributed by atoms with van der Waals surface area (Å²) in [6.07, 6.45) is 0. The van der Waals surface area contributed by atoms with Gasteiger partial charge in [-0.1, -0.05) is 18.2 Å². The van der Waals surface area contributed by atoms with E-state index in [2.05, 4.69) is 5.32 Å². The molecule has 3 rings (SSSR count). The van der Waals surface area contributed by atoms with Crippen molar-refractivity contribution >= 4 is 28.8 Å². The molecule has 0 saturated carbocycles. The number of amides is 2. The quantitative estimate of drug-likeness (QED) is 0.687. The lowest BCUT2D eigenvalue weighted by Gasteiger charge is -2.34. The number of nitrogens with zero attached hydrogens (tertiary/aromatic N) is 2. The molecule has 0 spiro atoms. The fourth-order valence-electron chi connectivity index (χ4n) is 2.58. The molecule has 8 heteroatoms. The van der Waals surface area contributed by atoms with Crippen molar-refractivity contribution in [2.45, 2.75) is 6.04 Å². The van der Waals surface area contributed by atoms with Crippen LogP contribution in [0.4, 0.5) is 5.69 Å². The van der Waals surface area contributed by atoms with Crippen molar-refractivity contribution in [3.63, 3.8) is 0 Å². The summed E-state index contributed by atoms with van der Waals surface area (Å²) in [5, 5.41) is 15.7. The molecule has 1 aliphatic heterocycles. The topological polar surface area (TPSA) is 92.6 Å². The van der Waals surface area contributed by atoms with Crippen molar-refractivity contribution in [2.75, 3.05) is 13.1 Å². The molecule has 1 fully saturated rings. The van der Waals surface area contributed by atoms with Crippen LogP contribution in [0, 0.1) is 10.1 Å². The SMILES string of the molecule is O=C1NCCN(C(=O)c2ccccc2[N+](=O)[O-])C1c1cccs1. The predicted molar refractivity (Wildman–Crippen MR) is 84.2 cm³/mol. The average molecular weight is 331 g/mol. The van der Waals surface area contributed by atoms with Crippen LogP contribution in [0.25, 0.3) is 0 Å². The monoisotopic (exact) mass is 331 g/mol. The molecule has 2 aromatic rings. The van der Waals surface area contributed by atoms with E-state index in [1.54, 1.807) is 18.2 Å². The minimum absolute atomic E-state index is 0.00578. The Morgan fingerprint density at radius 1 is 1.30 bits per heavy atom. The van der Waals surface area contributed by atoms with E-state index < -0.39 is 16.9 Å². The van der Waals surface area contributed by atoms with Gasteiger partial charge in [0.05, 0.1) is 4.92 Å². The van der Waals surface area contributed by atoms with Gasteiger partial charge in [0.15, 0.2) is 0 Å².